The fourth-order valence-electron chi connectivity index (χ4n) is 1.74. The van der Waals surface area contributed by atoms with E-state index in [1.165, 1.54) is 0 Å². The Morgan fingerprint density at radius 1 is 0.818 bits per heavy atom. The molecule has 0 unspecified atom stereocenters. The molecule has 5 heteroatoms. The second kappa shape index (κ2) is 7.56. The molecule has 1 amide bonds. The molecular weight excluding hydrogens is 294 g/mol. The summed E-state index contributed by atoms with van der Waals surface area (Å²) in [5.41, 5.74) is 2.56. The van der Waals surface area contributed by atoms with Crippen molar-refractivity contribution in [2.24, 2.45) is 5.92 Å². The van der Waals surface area contributed by atoms with Gasteiger partial charge in [-0.1, -0.05) is 32.0 Å². The Morgan fingerprint density at radius 2 is 1.27 bits per heavy atom. The van der Waals surface area contributed by atoms with Crippen LogP contribution in [-0.4, -0.2) is 11.0 Å². The van der Waals surface area contributed by atoms with Gasteiger partial charge in [0.2, 0.25) is 5.91 Å². The third-order valence-electron chi connectivity index (χ3n) is 2.97. The lowest BCUT2D eigenvalue weighted by Gasteiger charge is -2.12. The van der Waals surface area contributed by atoms with E-state index < -0.39 is 0 Å². The summed E-state index contributed by atoms with van der Waals surface area (Å²) < 4.78 is 0. The lowest BCUT2D eigenvalue weighted by atomic mass is 10.2. The molecular formula is C17H19N3OS. The first-order chi connectivity index (χ1) is 10.5. The molecule has 0 radical (unpaired) electrons. The van der Waals surface area contributed by atoms with Gasteiger partial charge in [-0.15, -0.1) is 0 Å². The molecule has 0 fully saturated rings. The highest BCUT2D eigenvalue weighted by Crippen LogP contribution is 2.15. The minimum absolute atomic E-state index is 0.00183. The molecule has 0 aliphatic rings. The summed E-state index contributed by atoms with van der Waals surface area (Å²) in [5.74, 6) is -0.0394. The average molecular weight is 313 g/mol. The number of amides is 1. The van der Waals surface area contributed by atoms with E-state index in [1.54, 1.807) is 0 Å². The second-order valence-corrected chi connectivity index (χ2v) is 5.57. The molecule has 0 aliphatic heterocycles. The third-order valence-corrected chi connectivity index (χ3v) is 3.17. The normalized spacial score (nSPS) is 10.1. The summed E-state index contributed by atoms with van der Waals surface area (Å²) in [4.78, 5) is 11.6. The van der Waals surface area contributed by atoms with Crippen molar-refractivity contribution in [1.82, 2.24) is 0 Å². The van der Waals surface area contributed by atoms with Crippen molar-refractivity contribution in [3.05, 3.63) is 54.6 Å². The fraction of sp³-hybridized carbons (Fsp3) is 0.176. The van der Waals surface area contributed by atoms with Crippen molar-refractivity contribution < 1.29 is 4.79 Å². The number of hydrogen-bond acceptors (Lipinski definition) is 2. The van der Waals surface area contributed by atoms with Gasteiger partial charge in [-0.3, -0.25) is 4.79 Å². The summed E-state index contributed by atoms with van der Waals surface area (Å²) in [6, 6.07) is 17.1. The van der Waals surface area contributed by atoms with Gasteiger partial charge in [0.05, 0.1) is 0 Å². The van der Waals surface area contributed by atoms with Crippen LogP contribution < -0.4 is 16.0 Å². The molecule has 0 spiro atoms. The van der Waals surface area contributed by atoms with Crippen LogP contribution in [0.4, 0.5) is 17.1 Å². The van der Waals surface area contributed by atoms with Gasteiger partial charge in [0, 0.05) is 23.0 Å². The molecule has 4 nitrogen and oxygen atoms in total. The van der Waals surface area contributed by atoms with E-state index >= 15 is 0 Å². The lowest BCUT2D eigenvalue weighted by Crippen LogP contribution is -2.19. The molecule has 0 atom stereocenters. The topological polar surface area (TPSA) is 53.2 Å². The number of nitrogens with one attached hydrogen (secondary N) is 3. The number of carbonyl (C=O) groups excluding carboxylic acids is 1. The highest BCUT2D eigenvalue weighted by molar-refractivity contribution is 7.80. The zero-order valence-electron chi connectivity index (χ0n) is 12.6. The largest absolute Gasteiger partial charge is 0.332 e. The first-order valence-electron chi connectivity index (χ1n) is 7.08. The van der Waals surface area contributed by atoms with Gasteiger partial charge < -0.3 is 16.0 Å². The van der Waals surface area contributed by atoms with Gasteiger partial charge in [0.15, 0.2) is 5.11 Å². The number of benzene rings is 2. The molecule has 22 heavy (non-hydrogen) atoms. The van der Waals surface area contributed by atoms with Crippen LogP contribution in [0.25, 0.3) is 0 Å². The zero-order valence-corrected chi connectivity index (χ0v) is 13.4. The van der Waals surface area contributed by atoms with Crippen molar-refractivity contribution in [3.8, 4) is 0 Å². The molecule has 3 N–H and O–H groups in total. The van der Waals surface area contributed by atoms with Crippen molar-refractivity contribution in [3.63, 3.8) is 0 Å². The van der Waals surface area contributed by atoms with Gasteiger partial charge >= 0.3 is 0 Å². The first kappa shape index (κ1) is 16.0. The summed E-state index contributed by atoms with van der Waals surface area (Å²) in [6.07, 6.45) is 0. The van der Waals surface area contributed by atoms with E-state index in [0.29, 0.717) is 5.11 Å². The van der Waals surface area contributed by atoms with Gasteiger partial charge in [0.25, 0.3) is 0 Å². The molecule has 0 saturated carbocycles. The van der Waals surface area contributed by atoms with Gasteiger partial charge in [0.1, 0.15) is 0 Å². The van der Waals surface area contributed by atoms with Crippen LogP contribution in [0.5, 0.6) is 0 Å². The average Bonchev–Trinajstić information content (AvgIpc) is 2.50. The minimum Gasteiger partial charge on any atom is -0.332 e. The zero-order chi connectivity index (χ0) is 15.9. The van der Waals surface area contributed by atoms with E-state index in [4.69, 9.17) is 12.2 Å². The van der Waals surface area contributed by atoms with Crippen LogP contribution in [0.3, 0.4) is 0 Å². The molecule has 0 aliphatic carbocycles. The Labute approximate surface area is 135 Å². The fourth-order valence-corrected chi connectivity index (χ4v) is 1.97. The standard InChI is InChI=1S/C17H19N3OS/c1-12(2)16(21)18-14-8-10-15(11-9-14)20-17(22)19-13-6-4-3-5-7-13/h3-12H,1-2H3,(H,18,21)(H2,19,20,22). The number of thiocarbonyl (C=S) groups is 1. The van der Waals surface area contributed by atoms with Crippen molar-refractivity contribution in [2.75, 3.05) is 16.0 Å². The van der Waals surface area contributed by atoms with E-state index in [2.05, 4.69) is 16.0 Å². The molecule has 0 bridgehead atoms. The Hall–Kier alpha value is -2.40. The molecule has 114 valence electrons. The van der Waals surface area contributed by atoms with Gasteiger partial charge in [-0.2, -0.15) is 0 Å². The smallest absolute Gasteiger partial charge is 0.226 e. The van der Waals surface area contributed by atoms with Crippen molar-refractivity contribution >= 4 is 40.3 Å². The molecule has 2 rings (SSSR count). The monoisotopic (exact) mass is 313 g/mol. The highest BCUT2D eigenvalue weighted by atomic mass is 32.1. The van der Waals surface area contributed by atoms with E-state index in [0.717, 1.165) is 17.1 Å². The molecule has 0 heterocycles. The SMILES string of the molecule is CC(C)C(=O)Nc1ccc(NC(=S)Nc2ccccc2)cc1. The maximum atomic E-state index is 11.6. The van der Waals surface area contributed by atoms with Crippen LogP contribution >= 0.6 is 12.2 Å². The quantitative estimate of drug-likeness (QED) is 0.744. The summed E-state index contributed by atoms with van der Waals surface area (Å²) in [5, 5.41) is 9.57. The van der Waals surface area contributed by atoms with Crippen LogP contribution in [0.2, 0.25) is 0 Å². The molecule has 2 aromatic carbocycles. The summed E-state index contributed by atoms with van der Waals surface area (Å²) in [6.45, 7) is 3.72. The highest BCUT2D eigenvalue weighted by Gasteiger charge is 2.06. The summed E-state index contributed by atoms with van der Waals surface area (Å²) in [7, 11) is 0. The summed E-state index contributed by atoms with van der Waals surface area (Å²) >= 11 is 5.26. The Bertz CT molecular complexity index is 639. The van der Waals surface area contributed by atoms with Crippen molar-refractivity contribution in [1.29, 1.82) is 0 Å². The predicted octanol–water partition coefficient (Wildman–Crippen LogP) is 4.09. The van der Waals surface area contributed by atoms with Gasteiger partial charge in [-0.25, -0.2) is 0 Å². The molecule has 0 aromatic heterocycles. The Balaban J connectivity index is 1.91. The predicted molar refractivity (Wildman–Crippen MR) is 96.2 cm³/mol. The van der Waals surface area contributed by atoms with Crippen molar-refractivity contribution in [2.45, 2.75) is 13.8 Å². The van der Waals surface area contributed by atoms with E-state index in [-0.39, 0.29) is 11.8 Å². The van der Waals surface area contributed by atoms with Crippen LogP contribution in [0, 0.1) is 5.92 Å². The van der Waals surface area contributed by atoms with Gasteiger partial charge in [-0.05, 0) is 48.6 Å². The number of rotatable bonds is 4. The van der Waals surface area contributed by atoms with Crippen LogP contribution in [0.15, 0.2) is 54.6 Å². The lowest BCUT2D eigenvalue weighted by molar-refractivity contribution is -0.118. The number of hydrogen-bond donors (Lipinski definition) is 3. The van der Waals surface area contributed by atoms with E-state index in [1.807, 2.05) is 68.4 Å². The minimum atomic E-state index is -0.0412. The number of anilines is 3. The Kier molecular flexibility index (Phi) is 5.49. The number of carbonyl (C=O) groups is 1. The van der Waals surface area contributed by atoms with E-state index in [9.17, 15) is 4.79 Å². The second-order valence-electron chi connectivity index (χ2n) is 5.17. The van der Waals surface area contributed by atoms with Crippen LogP contribution in [0.1, 0.15) is 13.8 Å². The molecule has 0 saturated heterocycles. The molecule has 2 aromatic rings. The Morgan fingerprint density at radius 3 is 1.77 bits per heavy atom. The number of para-hydroxylation sites is 1. The maximum absolute atomic E-state index is 11.6. The third kappa shape index (κ3) is 4.86. The van der Waals surface area contributed by atoms with Crippen LogP contribution in [-0.2, 0) is 4.79 Å². The maximum Gasteiger partial charge on any atom is 0.226 e. The first-order valence-corrected chi connectivity index (χ1v) is 7.49.